The van der Waals surface area contributed by atoms with Crippen molar-refractivity contribution in [3.8, 4) is 0 Å². The largest absolute Gasteiger partial charge is 0.384 e. The summed E-state index contributed by atoms with van der Waals surface area (Å²) in [6, 6.07) is 8.46. The summed E-state index contributed by atoms with van der Waals surface area (Å²) in [6.45, 7) is 1.41. The zero-order valence-corrected chi connectivity index (χ0v) is 12.9. The van der Waals surface area contributed by atoms with Gasteiger partial charge in [-0.3, -0.25) is 0 Å². The van der Waals surface area contributed by atoms with Crippen molar-refractivity contribution in [3.05, 3.63) is 35.7 Å². The molecule has 0 amide bonds. The maximum absolute atomic E-state index is 5.02. The van der Waals surface area contributed by atoms with Crippen LogP contribution in [0.2, 0.25) is 0 Å². The van der Waals surface area contributed by atoms with Gasteiger partial charge in [0, 0.05) is 51.4 Å². The van der Waals surface area contributed by atoms with Gasteiger partial charge >= 0.3 is 0 Å². The molecule has 0 saturated carbocycles. The van der Waals surface area contributed by atoms with Gasteiger partial charge in [0.15, 0.2) is 0 Å². The van der Waals surface area contributed by atoms with Crippen molar-refractivity contribution in [2.75, 3.05) is 38.0 Å². The molecule has 1 heterocycles. The molecule has 0 fully saturated rings. The molecule has 1 aromatic carbocycles. The zero-order chi connectivity index (χ0) is 14.4. The van der Waals surface area contributed by atoms with Gasteiger partial charge in [-0.05, 0) is 17.7 Å². The minimum absolute atomic E-state index is 0.655. The Bertz CT molecular complexity index is 524. The number of nitrogens with zero attached hydrogens (tertiary/aromatic N) is 3. The number of anilines is 2. The Labute approximate surface area is 123 Å². The van der Waals surface area contributed by atoms with E-state index in [0.29, 0.717) is 6.61 Å². The monoisotopic (exact) mass is 292 g/mol. The molecule has 5 nitrogen and oxygen atoms in total. The van der Waals surface area contributed by atoms with E-state index in [1.54, 1.807) is 7.11 Å². The normalized spacial score (nSPS) is 10.6. The van der Waals surface area contributed by atoms with Gasteiger partial charge in [-0.15, -0.1) is 0 Å². The predicted octanol–water partition coefficient (Wildman–Crippen LogP) is 2.41. The Morgan fingerprint density at radius 2 is 2.00 bits per heavy atom. The quantitative estimate of drug-likeness (QED) is 0.849. The lowest BCUT2D eigenvalue weighted by atomic mass is 10.2. The molecule has 1 N–H and O–H groups in total. The van der Waals surface area contributed by atoms with E-state index >= 15 is 0 Å². The minimum Gasteiger partial charge on any atom is -0.384 e. The molecule has 0 saturated heterocycles. The first-order valence-corrected chi connectivity index (χ1v) is 7.28. The molecule has 108 valence electrons. The summed E-state index contributed by atoms with van der Waals surface area (Å²) >= 11 is 1.39. The Morgan fingerprint density at radius 1 is 1.25 bits per heavy atom. The first-order chi connectivity index (χ1) is 9.69. The van der Waals surface area contributed by atoms with Crippen LogP contribution >= 0.6 is 11.5 Å². The Hall–Kier alpha value is -1.66. The summed E-state index contributed by atoms with van der Waals surface area (Å²) in [4.78, 5) is 6.50. The van der Waals surface area contributed by atoms with E-state index in [9.17, 15) is 0 Å². The molecule has 0 radical (unpaired) electrons. The molecule has 0 aliphatic heterocycles. The first kappa shape index (κ1) is 14.7. The summed E-state index contributed by atoms with van der Waals surface area (Å²) in [7, 11) is 5.76. The molecule has 6 heteroatoms. The molecule has 20 heavy (non-hydrogen) atoms. The van der Waals surface area contributed by atoms with Gasteiger partial charge in [0.05, 0.1) is 6.61 Å². The van der Waals surface area contributed by atoms with E-state index in [4.69, 9.17) is 4.74 Å². The average Bonchev–Trinajstić information content (AvgIpc) is 2.91. The minimum atomic E-state index is 0.655. The third-order valence-electron chi connectivity index (χ3n) is 2.89. The van der Waals surface area contributed by atoms with Crippen molar-refractivity contribution < 1.29 is 4.74 Å². The van der Waals surface area contributed by atoms with E-state index in [2.05, 4.69) is 43.8 Å². The molecular formula is C14H20N4OS. The van der Waals surface area contributed by atoms with Crippen LogP contribution in [-0.4, -0.2) is 37.2 Å². The molecule has 2 rings (SSSR count). The smallest absolute Gasteiger partial charge is 0.202 e. The number of methoxy groups -OCH3 is 1. The van der Waals surface area contributed by atoms with Crippen LogP contribution < -0.4 is 10.2 Å². The van der Waals surface area contributed by atoms with Crippen molar-refractivity contribution in [3.63, 3.8) is 0 Å². The van der Waals surface area contributed by atoms with Crippen molar-refractivity contribution in [1.29, 1.82) is 0 Å². The second-order valence-electron chi connectivity index (χ2n) is 4.67. The molecule has 0 atom stereocenters. The van der Waals surface area contributed by atoms with E-state index in [0.717, 1.165) is 23.9 Å². The second kappa shape index (κ2) is 7.21. The van der Waals surface area contributed by atoms with Crippen LogP contribution in [0.5, 0.6) is 0 Å². The first-order valence-electron chi connectivity index (χ1n) is 6.50. The molecule has 2 aromatic rings. The molecule has 1 aromatic heterocycles. The summed E-state index contributed by atoms with van der Waals surface area (Å²) in [5.41, 5.74) is 2.43. The number of aromatic nitrogens is 2. The van der Waals surface area contributed by atoms with E-state index in [1.165, 1.54) is 22.8 Å². The summed E-state index contributed by atoms with van der Waals surface area (Å²) in [6.07, 6.45) is 0.756. The third kappa shape index (κ3) is 4.18. The van der Waals surface area contributed by atoms with Gasteiger partial charge in [-0.1, -0.05) is 12.1 Å². The molecule has 0 spiro atoms. The zero-order valence-electron chi connectivity index (χ0n) is 12.1. The van der Waals surface area contributed by atoms with Crippen LogP contribution in [-0.2, 0) is 17.7 Å². The lowest BCUT2D eigenvalue weighted by molar-refractivity contribution is 0.201. The number of benzene rings is 1. The summed E-state index contributed by atoms with van der Waals surface area (Å²) in [5.74, 6) is 0.835. The summed E-state index contributed by atoms with van der Waals surface area (Å²) < 4.78 is 9.30. The standard InChI is InChI=1S/C14H20N4OS/c1-18(2)12-6-4-11(5-7-12)10-15-14-16-13(17-20-14)8-9-19-3/h4-7H,8-10H2,1-3H3,(H,15,16,17). The Kier molecular flexibility index (Phi) is 5.31. The number of rotatable bonds is 7. The van der Waals surface area contributed by atoms with Crippen LogP contribution in [0.3, 0.4) is 0 Å². The SMILES string of the molecule is COCCc1nsc(NCc2ccc(N(C)C)cc2)n1. The highest BCUT2D eigenvalue weighted by Crippen LogP contribution is 2.15. The van der Waals surface area contributed by atoms with E-state index in [-0.39, 0.29) is 0 Å². The van der Waals surface area contributed by atoms with Crippen LogP contribution in [0, 0.1) is 0 Å². The average molecular weight is 292 g/mol. The topological polar surface area (TPSA) is 50.3 Å². The number of ether oxygens (including phenoxy) is 1. The predicted molar refractivity (Wildman–Crippen MR) is 83.6 cm³/mol. The number of nitrogens with one attached hydrogen (secondary N) is 1. The number of hydrogen-bond acceptors (Lipinski definition) is 6. The van der Waals surface area contributed by atoms with Crippen molar-refractivity contribution in [2.24, 2.45) is 0 Å². The van der Waals surface area contributed by atoms with Gasteiger partial charge < -0.3 is 15.0 Å². The maximum Gasteiger partial charge on any atom is 0.202 e. The fraction of sp³-hybridized carbons (Fsp3) is 0.429. The Morgan fingerprint density at radius 3 is 2.65 bits per heavy atom. The highest BCUT2D eigenvalue weighted by molar-refractivity contribution is 7.09. The van der Waals surface area contributed by atoms with Crippen LogP contribution in [0.25, 0.3) is 0 Å². The summed E-state index contributed by atoms with van der Waals surface area (Å²) in [5, 5.41) is 4.15. The van der Waals surface area contributed by atoms with Crippen molar-refractivity contribution >= 4 is 22.4 Å². The number of hydrogen-bond donors (Lipinski definition) is 1. The lowest BCUT2D eigenvalue weighted by Gasteiger charge is -2.12. The van der Waals surface area contributed by atoms with E-state index < -0.39 is 0 Å². The van der Waals surface area contributed by atoms with Gasteiger partial charge in [-0.25, -0.2) is 4.98 Å². The molecule has 0 bridgehead atoms. The van der Waals surface area contributed by atoms with Crippen molar-refractivity contribution in [2.45, 2.75) is 13.0 Å². The molecular weight excluding hydrogens is 272 g/mol. The molecule has 0 unspecified atom stereocenters. The maximum atomic E-state index is 5.02. The Balaban J connectivity index is 1.86. The van der Waals surface area contributed by atoms with Gasteiger partial charge in [0.25, 0.3) is 0 Å². The van der Waals surface area contributed by atoms with Gasteiger partial charge in [-0.2, -0.15) is 4.37 Å². The van der Waals surface area contributed by atoms with Crippen LogP contribution in [0.4, 0.5) is 10.8 Å². The van der Waals surface area contributed by atoms with Crippen LogP contribution in [0.15, 0.2) is 24.3 Å². The van der Waals surface area contributed by atoms with Crippen molar-refractivity contribution in [1.82, 2.24) is 9.36 Å². The fourth-order valence-electron chi connectivity index (χ4n) is 1.71. The van der Waals surface area contributed by atoms with Gasteiger partial charge in [0.1, 0.15) is 5.82 Å². The lowest BCUT2D eigenvalue weighted by Crippen LogP contribution is -2.08. The van der Waals surface area contributed by atoms with E-state index in [1.807, 2.05) is 14.1 Å². The van der Waals surface area contributed by atoms with Crippen LogP contribution in [0.1, 0.15) is 11.4 Å². The molecule has 0 aliphatic carbocycles. The fourth-order valence-corrected chi connectivity index (χ4v) is 2.32. The highest BCUT2D eigenvalue weighted by Gasteiger charge is 2.03. The third-order valence-corrected chi connectivity index (χ3v) is 3.60. The molecule has 0 aliphatic rings. The highest BCUT2D eigenvalue weighted by atomic mass is 32.1. The van der Waals surface area contributed by atoms with Gasteiger partial charge in [0.2, 0.25) is 5.13 Å². The second-order valence-corrected chi connectivity index (χ2v) is 5.42.